The van der Waals surface area contributed by atoms with E-state index in [0.29, 0.717) is 54.9 Å². The van der Waals surface area contributed by atoms with Crippen LogP contribution in [0.4, 0.5) is 15.7 Å². The molecule has 0 bridgehead atoms. The molecule has 10 nitrogen and oxygen atoms in total. The predicted molar refractivity (Wildman–Crippen MR) is 111 cm³/mol. The molecule has 2 aromatic rings. The second kappa shape index (κ2) is 7.73. The van der Waals surface area contributed by atoms with Crippen LogP contribution in [-0.4, -0.2) is 56.3 Å². The van der Waals surface area contributed by atoms with Crippen molar-refractivity contribution in [1.82, 2.24) is 25.2 Å². The van der Waals surface area contributed by atoms with E-state index in [1.807, 2.05) is 6.92 Å². The Morgan fingerprint density at radius 3 is 2.67 bits per heavy atom. The van der Waals surface area contributed by atoms with Crippen molar-refractivity contribution in [3.63, 3.8) is 0 Å². The number of urea groups is 1. The lowest BCUT2D eigenvalue weighted by Crippen LogP contribution is -2.54. The quantitative estimate of drug-likeness (QED) is 0.708. The molecule has 158 valence electrons. The molecule has 4 amide bonds. The number of likely N-dealkylation sites (tertiary alicyclic amines) is 1. The van der Waals surface area contributed by atoms with Crippen molar-refractivity contribution in [2.24, 2.45) is 0 Å². The fourth-order valence-corrected chi connectivity index (χ4v) is 4.78. The minimum absolute atomic E-state index is 0.148. The van der Waals surface area contributed by atoms with Gasteiger partial charge in [-0.1, -0.05) is 0 Å². The van der Waals surface area contributed by atoms with Crippen LogP contribution in [-0.2, 0) is 16.1 Å². The normalized spacial score (nSPS) is 18.7. The van der Waals surface area contributed by atoms with Gasteiger partial charge in [0.25, 0.3) is 5.91 Å². The topological polar surface area (TPSA) is 120 Å². The van der Waals surface area contributed by atoms with E-state index in [1.54, 1.807) is 19.2 Å². The Hall–Kier alpha value is -2.92. The number of anilines is 2. The van der Waals surface area contributed by atoms with Crippen LogP contribution in [0.3, 0.4) is 0 Å². The van der Waals surface area contributed by atoms with Crippen LogP contribution >= 0.6 is 11.3 Å². The summed E-state index contributed by atoms with van der Waals surface area (Å²) in [6, 6.07) is 1.21. The molecule has 0 unspecified atom stereocenters. The number of nitrogens with one attached hydrogen (secondary N) is 2. The number of imide groups is 1. The Morgan fingerprint density at radius 2 is 2.00 bits per heavy atom. The van der Waals surface area contributed by atoms with Crippen LogP contribution < -0.4 is 15.5 Å². The number of amides is 4. The van der Waals surface area contributed by atoms with E-state index in [-0.39, 0.29) is 11.8 Å². The van der Waals surface area contributed by atoms with Gasteiger partial charge in [0.1, 0.15) is 17.2 Å². The van der Waals surface area contributed by atoms with Crippen molar-refractivity contribution in [2.45, 2.75) is 45.7 Å². The maximum absolute atomic E-state index is 13.2. The van der Waals surface area contributed by atoms with Crippen molar-refractivity contribution in [2.75, 3.05) is 23.3 Å². The first-order valence-corrected chi connectivity index (χ1v) is 10.5. The molecule has 2 saturated heterocycles. The lowest BCUT2D eigenvalue weighted by Gasteiger charge is -2.37. The molecule has 11 heteroatoms. The van der Waals surface area contributed by atoms with E-state index >= 15 is 0 Å². The number of rotatable bonds is 4. The van der Waals surface area contributed by atoms with Gasteiger partial charge >= 0.3 is 6.03 Å². The highest BCUT2D eigenvalue weighted by atomic mass is 32.1. The Bertz CT molecular complexity index is 993. The van der Waals surface area contributed by atoms with Crippen LogP contribution in [0.15, 0.2) is 12.3 Å². The van der Waals surface area contributed by atoms with Crippen LogP contribution in [0.1, 0.15) is 36.2 Å². The van der Waals surface area contributed by atoms with Gasteiger partial charge in [-0.25, -0.2) is 24.6 Å². The summed E-state index contributed by atoms with van der Waals surface area (Å²) in [5.41, 5.74) is -0.188. The zero-order chi connectivity index (χ0) is 21.5. The average molecular weight is 430 g/mol. The van der Waals surface area contributed by atoms with Gasteiger partial charge in [0.05, 0.1) is 0 Å². The third kappa shape index (κ3) is 3.90. The van der Waals surface area contributed by atoms with Gasteiger partial charge in [-0.3, -0.25) is 14.5 Å². The molecular weight excluding hydrogens is 406 g/mol. The molecule has 0 aromatic carbocycles. The lowest BCUT2D eigenvalue weighted by atomic mass is 9.87. The summed E-state index contributed by atoms with van der Waals surface area (Å²) < 4.78 is 0. The molecule has 2 aliphatic heterocycles. The number of carbonyl (C=O) groups excluding carboxylic acids is 3. The van der Waals surface area contributed by atoms with Gasteiger partial charge in [0, 0.05) is 49.4 Å². The molecule has 1 spiro atoms. The number of aromatic nitrogens is 3. The largest absolute Gasteiger partial charge is 0.330 e. The van der Waals surface area contributed by atoms with Crippen molar-refractivity contribution < 1.29 is 14.4 Å². The zero-order valence-corrected chi connectivity index (χ0v) is 17.9. The molecular formula is C19H23N7O3S. The number of hydrogen-bond donors (Lipinski definition) is 2. The monoisotopic (exact) mass is 429 g/mol. The summed E-state index contributed by atoms with van der Waals surface area (Å²) in [4.78, 5) is 54.1. The fraction of sp³-hybridized carbons (Fsp3) is 0.474. The van der Waals surface area contributed by atoms with Crippen molar-refractivity contribution >= 4 is 40.1 Å². The van der Waals surface area contributed by atoms with Crippen LogP contribution in [0.25, 0.3) is 0 Å². The summed E-state index contributed by atoms with van der Waals surface area (Å²) in [5, 5.41) is 6.17. The number of thiazole rings is 1. The van der Waals surface area contributed by atoms with E-state index in [0.717, 1.165) is 9.78 Å². The third-order valence-electron chi connectivity index (χ3n) is 5.27. The smallest absolute Gasteiger partial charge is 0.323 e. The van der Waals surface area contributed by atoms with Crippen molar-refractivity contribution in [1.29, 1.82) is 0 Å². The summed E-state index contributed by atoms with van der Waals surface area (Å²) >= 11 is 1.44. The molecule has 2 aromatic heterocycles. The minimum Gasteiger partial charge on any atom is -0.323 e. The fourth-order valence-electron chi connectivity index (χ4n) is 3.88. The molecule has 30 heavy (non-hydrogen) atoms. The molecule has 2 aliphatic rings. The minimum atomic E-state index is -0.893. The van der Waals surface area contributed by atoms with Crippen LogP contribution in [0.5, 0.6) is 0 Å². The Labute approximate surface area is 177 Å². The van der Waals surface area contributed by atoms with Gasteiger partial charge in [-0.05, 0) is 26.7 Å². The van der Waals surface area contributed by atoms with E-state index in [4.69, 9.17) is 0 Å². The highest BCUT2D eigenvalue weighted by molar-refractivity contribution is 7.15. The third-order valence-corrected chi connectivity index (χ3v) is 6.17. The molecule has 2 fully saturated rings. The molecule has 0 atom stereocenters. The molecule has 0 aliphatic carbocycles. The Morgan fingerprint density at radius 1 is 1.27 bits per heavy atom. The van der Waals surface area contributed by atoms with Crippen molar-refractivity contribution in [3.05, 3.63) is 28.7 Å². The number of aryl methyl sites for hydroxylation is 2. The van der Waals surface area contributed by atoms with E-state index < -0.39 is 11.6 Å². The van der Waals surface area contributed by atoms with Gasteiger partial charge in [0.15, 0.2) is 5.13 Å². The van der Waals surface area contributed by atoms with Crippen LogP contribution in [0, 0.1) is 13.8 Å². The lowest BCUT2D eigenvalue weighted by molar-refractivity contribution is -0.123. The molecule has 4 rings (SSSR count). The SMILES string of the molecule is CC(=O)Nc1ncc(CN2CCC3(CC2)NC(=O)N(c2cc(C)nc(C)n2)C3=O)s1. The Balaban J connectivity index is 1.42. The molecule has 0 saturated carbocycles. The molecule has 2 N–H and O–H groups in total. The number of piperidine rings is 1. The average Bonchev–Trinajstić information content (AvgIpc) is 3.18. The van der Waals surface area contributed by atoms with E-state index in [1.165, 1.54) is 18.3 Å². The zero-order valence-electron chi connectivity index (χ0n) is 17.1. The Kier molecular flexibility index (Phi) is 5.24. The van der Waals surface area contributed by atoms with Gasteiger partial charge < -0.3 is 10.6 Å². The predicted octanol–water partition coefficient (Wildman–Crippen LogP) is 1.60. The number of carbonyl (C=O) groups is 3. The van der Waals surface area contributed by atoms with E-state index in [9.17, 15) is 14.4 Å². The summed E-state index contributed by atoms with van der Waals surface area (Å²) in [5.74, 6) is 0.432. The first-order valence-electron chi connectivity index (χ1n) is 9.69. The van der Waals surface area contributed by atoms with Crippen LogP contribution in [0.2, 0.25) is 0 Å². The maximum Gasteiger partial charge on any atom is 0.330 e. The van der Waals surface area contributed by atoms with E-state index in [2.05, 4.69) is 30.5 Å². The second-order valence-electron chi connectivity index (χ2n) is 7.66. The first kappa shape index (κ1) is 20.4. The highest BCUT2D eigenvalue weighted by Gasteiger charge is 2.53. The first-order chi connectivity index (χ1) is 14.3. The van der Waals surface area contributed by atoms with Gasteiger partial charge in [-0.2, -0.15) is 0 Å². The van der Waals surface area contributed by atoms with Crippen molar-refractivity contribution in [3.8, 4) is 0 Å². The summed E-state index contributed by atoms with van der Waals surface area (Å²) in [7, 11) is 0. The molecule has 4 heterocycles. The summed E-state index contributed by atoms with van der Waals surface area (Å²) in [6.07, 6.45) is 2.80. The maximum atomic E-state index is 13.2. The standard InChI is InChI=1S/C19H23N7O3S/c1-11-8-15(22-12(2)21-11)26-16(28)19(24-18(26)29)4-6-25(7-5-19)10-14-9-20-17(30-14)23-13(3)27/h8-9H,4-7,10H2,1-3H3,(H,24,29)(H,20,23,27). The second-order valence-corrected chi connectivity index (χ2v) is 8.77. The highest BCUT2D eigenvalue weighted by Crippen LogP contribution is 2.33. The van der Waals surface area contributed by atoms with Gasteiger partial charge in [0.2, 0.25) is 5.91 Å². The molecule has 0 radical (unpaired) electrons. The summed E-state index contributed by atoms with van der Waals surface area (Å²) in [6.45, 7) is 7.00. The van der Waals surface area contributed by atoms with Gasteiger partial charge in [-0.15, -0.1) is 11.3 Å². The number of nitrogens with zero attached hydrogens (tertiary/aromatic N) is 5. The number of hydrogen-bond acceptors (Lipinski definition) is 8.